The van der Waals surface area contributed by atoms with Gasteiger partial charge in [-0.2, -0.15) is 0 Å². The number of hydrogen-bond acceptors (Lipinski definition) is 4. The first kappa shape index (κ1) is 15.4. The van der Waals surface area contributed by atoms with E-state index in [4.69, 9.17) is 5.11 Å². The maximum Gasteiger partial charge on any atom is 0.326 e. The van der Waals surface area contributed by atoms with Crippen molar-refractivity contribution in [3.05, 3.63) is 16.6 Å². The van der Waals surface area contributed by atoms with Gasteiger partial charge in [-0.15, -0.1) is 11.3 Å². The summed E-state index contributed by atoms with van der Waals surface area (Å²) in [5.74, 6) is -0.830. The Hall–Kier alpha value is -1.63. The molecule has 2 amide bonds. The third-order valence-electron chi connectivity index (χ3n) is 2.48. The van der Waals surface area contributed by atoms with Gasteiger partial charge in [-0.3, -0.25) is 0 Å². The molecule has 0 spiro atoms. The van der Waals surface area contributed by atoms with Crippen LogP contribution in [0.25, 0.3) is 0 Å². The molecule has 6 nitrogen and oxygen atoms in total. The molecule has 7 heteroatoms. The smallest absolute Gasteiger partial charge is 0.326 e. The SMILES string of the molecule is CC(C)C[C@H](NC(=O)NC(C)c1nccs1)C(=O)O. The van der Waals surface area contributed by atoms with Gasteiger partial charge in [0.15, 0.2) is 0 Å². The molecule has 1 heterocycles. The monoisotopic (exact) mass is 285 g/mol. The first-order valence-electron chi connectivity index (χ1n) is 6.09. The van der Waals surface area contributed by atoms with E-state index in [0.29, 0.717) is 6.42 Å². The van der Waals surface area contributed by atoms with Gasteiger partial charge in [0.05, 0.1) is 6.04 Å². The summed E-state index contributed by atoms with van der Waals surface area (Å²) in [5, 5.41) is 16.8. The number of aromatic nitrogens is 1. The van der Waals surface area contributed by atoms with Crippen LogP contribution in [0.2, 0.25) is 0 Å². The number of amides is 2. The molecule has 1 rings (SSSR count). The molecule has 1 aromatic heterocycles. The van der Waals surface area contributed by atoms with E-state index >= 15 is 0 Å². The Morgan fingerprint density at radius 2 is 2.05 bits per heavy atom. The van der Waals surface area contributed by atoms with Gasteiger partial charge in [0, 0.05) is 11.6 Å². The summed E-state index contributed by atoms with van der Waals surface area (Å²) in [6.45, 7) is 5.62. The molecule has 0 saturated carbocycles. The molecule has 3 N–H and O–H groups in total. The lowest BCUT2D eigenvalue weighted by molar-refractivity contribution is -0.139. The van der Waals surface area contributed by atoms with Gasteiger partial charge in [-0.05, 0) is 19.3 Å². The normalized spacial score (nSPS) is 13.9. The highest BCUT2D eigenvalue weighted by Crippen LogP contribution is 2.14. The molecule has 0 aliphatic carbocycles. The second-order valence-corrected chi connectivity index (χ2v) is 5.66. The largest absolute Gasteiger partial charge is 0.480 e. The van der Waals surface area contributed by atoms with E-state index in [0.717, 1.165) is 5.01 Å². The van der Waals surface area contributed by atoms with Crippen LogP contribution < -0.4 is 10.6 Å². The maximum absolute atomic E-state index is 11.7. The van der Waals surface area contributed by atoms with Gasteiger partial charge in [-0.25, -0.2) is 14.6 Å². The molecular weight excluding hydrogens is 266 g/mol. The Kier molecular flexibility index (Phi) is 5.75. The minimum Gasteiger partial charge on any atom is -0.480 e. The quantitative estimate of drug-likeness (QED) is 0.745. The Morgan fingerprint density at radius 3 is 2.53 bits per heavy atom. The van der Waals surface area contributed by atoms with Crippen molar-refractivity contribution in [3.63, 3.8) is 0 Å². The molecule has 0 saturated heterocycles. The molecule has 0 bridgehead atoms. The number of nitrogens with one attached hydrogen (secondary N) is 2. The van der Waals surface area contributed by atoms with Crippen molar-refractivity contribution in [2.75, 3.05) is 0 Å². The van der Waals surface area contributed by atoms with Crippen LogP contribution in [-0.2, 0) is 4.79 Å². The maximum atomic E-state index is 11.7. The van der Waals surface area contributed by atoms with E-state index in [-0.39, 0.29) is 12.0 Å². The van der Waals surface area contributed by atoms with Crippen molar-refractivity contribution in [1.29, 1.82) is 0 Å². The van der Waals surface area contributed by atoms with Crippen LogP contribution in [0.1, 0.15) is 38.2 Å². The number of hydrogen-bond donors (Lipinski definition) is 3. The standard InChI is InChI=1S/C12H19N3O3S/c1-7(2)6-9(11(16)17)15-12(18)14-8(3)10-13-4-5-19-10/h4-5,7-9H,6H2,1-3H3,(H,16,17)(H2,14,15,18)/t8?,9-/m0/s1. The Balaban J connectivity index is 2.51. The molecule has 0 aliphatic rings. The van der Waals surface area contributed by atoms with Gasteiger partial charge < -0.3 is 15.7 Å². The summed E-state index contributed by atoms with van der Waals surface area (Å²) >= 11 is 1.44. The van der Waals surface area contributed by atoms with Crippen LogP contribution in [0.15, 0.2) is 11.6 Å². The number of carboxylic acid groups (broad SMARTS) is 1. The first-order valence-corrected chi connectivity index (χ1v) is 6.97. The van der Waals surface area contributed by atoms with Crippen LogP contribution in [-0.4, -0.2) is 28.1 Å². The Morgan fingerprint density at radius 1 is 1.37 bits per heavy atom. The fraction of sp³-hybridized carbons (Fsp3) is 0.583. The van der Waals surface area contributed by atoms with Crippen LogP contribution in [0.3, 0.4) is 0 Å². The fourth-order valence-corrected chi connectivity index (χ4v) is 2.25. The number of thiazole rings is 1. The van der Waals surface area contributed by atoms with Crippen molar-refractivity contribution in [3.8, 4) is 0 Å². The highest BCUT2D eigenvalue weighted by atomic mass is 32.1. The minimum atomic E-state index is -1.02. The van der Waals surface area contributed by atoms with Gasteiger partial charge >= 0.3 is 12.0 Å². The molecule has 0 radical (unpaired) electrons. The lowest BCUT2D eigenvalue weighted by atomic mass is 10.0. The average molecular weight is 285 g/mol. The van der Waals surface area contributed by atoms with Gasteiger partial charge in [0.25, 0.3) is 0 Å². The fourth-order valence-electron chi connectivity index (χ4n) is 1.60. The number of nitrogens with zero attached hydrogens (tertiary/aromatic N) is 1. The predicted octanol–water partition coefficient (Wildman–Crippen LogP) is 2.00. The van der Waals surface area contributed by atoms with Gasteiger partial charge in [0.2, 0.25) is 0 Å². The second kappa shape index (κ2) is 7.08. The highest BCUT2D eigenvalue weighted by Gasteiger charge is 2.22. The molecule has 19 heavy (non-hydrogen) atoms. The molecule has 0 fully saturated rings. The van der Waals surface area contributed by atoms with Crippen LogP contribution >= 0.6 is 11.3 Å². The first-order chi connectivity index (χ1) is 8.90. The molecule has 1 unspecified atom stereocenters. The topological polar surface area (TPSA) is 91.3 Å². The third-order valence-corrected chi connectivity index (χ3v) is 3.44. The van der Waals surface area contributed by atoms with Crippen LogP contribution in [0.5, 0.6) is 0 Å². The Labute approximate surface area is 116 Å². The molecule has 0 aromatic carbocycles. The zero-order valence-corrected chi connectivity index (χ0v) is 12.0. The molecule has 106 valence electrons. The number of aliphatic carboxylic acids is 1. The van der Waals surface area contributed by atoms with E-state index in [2.05, 4.69) is 15.6 Å². The molecular formula is C12H19N3O3S. The summed E-state index contributed by atoms with van der Waals surface area (Å²) < 4.78 is 0. The summed E-state index contributed by atoms with van der Waals surface area (Å²) in [6.07, 6.45) is 2.06. The predicted molar refractivity (Wildman–Crippen MR) is 73.1 cm³/mol. The summed E-state index contributed by atoms with van der Waals surface area (Å²) in [4.78, 5) is 26.9. The molecule has 1 aromatic rings. The van der Waals surface area contributed by atoms with E-state index in [1.807, 2.05) is 19.2 Å². The van der Waals surface area contributed by atoms with Gasteiger partial charge in [-0.1, -0.05) is 13.8 Å². The van der Waals surface area contributed by atoms with Crippen molar-refractivity contribution in [1.82, 2.24) is 15.6 Å². The van der Waals surface area contributed by atoms with E-state index in [1.54, 1.807) is 13.1 Å². The third kappa shape index (κ3) is 5.25. The lowest BCUT2D eigenvalue weighted by Gasteiger charge is -2.18. The van der Waals surface area contributed by atoms with E-state index in [9.17, 15) is 9.59 Å². The van der Waals surface area contributed by atoms with Crippen LogP contribution in [0.4, 0.5) is 4.79 Å². The van der Waals surface area contributed by atoms with Gasteiger partial charge in [0.1, 0.15) is 11.0 Å². The van der Waals surface area contributed by atoms with E-state index < -0.39 is 18.0 Å². The lowest BCUT2D eigenvalue weighted by Crippen LogP contribution is -2.47. The number of carbonyl (C=O) groups excluding carboxylic acids is 1. The van der Waals surface area contributed by atoms with Crippen molar-refractivity contribution in [2.24, 2.45) is 5.92 Å². The number of rotatable bonds is 6. The summed E-state index contributed by atoms with van der Waals surface area (Å²) in [5.41, 5.74) is 0. The molecule has 2 atom stereocenters. The Bertz CT molecular complexity index is 420. The van der Waals surface area contributed by atoms with E-state index in [1.165, 1.54) is 11.3 Å². The second-order valence-electron chi connectivity index (χ2n) is 4.73. The van der Waals surface area contributed by atoms with Crippen LogP contribution in [0, 0.1) is 5.92 Å². The number of carbonyl (C=O) groups is 2. The molecule has 0 aliphatic heterocycles. The van der Waals surface area contributed by atoms with Crippen molar-refractivity contribution < 1.29 is 14.7 Å². The zero-order valence-electron chi connectivity index (χ0n) is 11.2. The minimum absolute atomic E-state index is 0.192. The number of urea groups is 1. The average Bonchev–Trinajstić information content (AvgIpc) is 2.80. The number of carboxylic acids is 1. The zero-order chi connectivity index (χ0) is 14.4. The summed E-state index contributed by atoms with van der Waals surface area (Å²) in [7, 11) is 0. The summed E-state index contributed by atoms with van der Waals surface area (Å²) in [6, 6.07) is -1.60. The van der Waals surface area contributed by atoms with Crippen molar-refractivity contribution >= 4 is 23.3 Å². The van der Waals surface area contributed by atoms with Crippen molar-refractivity contribution in [2.45, 2.75) is 39.3 Å². The highest BCUT2D eigenvalue weighted by molar-refractivity contribution is 7.09.